The molecular weight excluding hydrogens is 408 g/mol. The Kier molecular flexibility index (Phi) is 8.46. The maximum absolute atomic E-state index is 12.2. The molecule has 1 fully saturated rings. The number of halogens is 1. The predicted octanol–water partition coefficient (Wildman–Crippen LogP) is 3.26. The largest absolute Gasteiger partial charge is 0.350 e. The van der Waals surface area contributed by atoms with Crippen molar-refractivity contribution < 1.29 is 9.59 Å². The molecule has 1 saturated heterocycles. The van der Waals surface area contributed by atoms with E-state index >= 15 is 0 Å². The zero-order valence-corrected chi connectivity index (χ0v) is 18.0. The van der Waals surface area contributed by atoms with Gasteiger partial charge in [-0.3, -0.25) is 9.59 Å². The topological polar surface area (TPSA) is 74.3 Å². The molecule has 2 aromatic rings. The maximum Gasteiger partial charge on any atom is 0.270 e. The second-order valence-corrected chi connectivity index (χ2v) is 8.57. The van der Waals surface area contributed by atoms with Crippen LogP contribution in [-0.2, 0) is 17.8 Å². The lowest BCUT2D eigenvalue weighted by atomic mass is 10.1. The average Bonchev–Trinajstić information content (AvgIpc) is 3.21. The van der Waals surface area contributed by atoms with Gasteiger partial charge < -0.3 is 15.5 Å². The van der Waals surface area contributed by atoms with E-state index in [2.05, 4.69) is 20.5 Å². The van der Waals surface area contributed by atoms with Crippen LogP contribution in [0.1, 0.15) is 46.7 Å². The van der Waals surface area contributed by atoms with Crippen molar-refractivity contribution >= 4 is 34.8 Å². The van der Waals surface area contributed by atoms with Crippen LogP contribution in [0.4, 0.5) is 0 Å². The molecule has 2 N–H and O–H groups in total. The van der Waals surface area contributed by atoms with E-state index in [0.717, 1.165) is 30.2 Å². The molecule has 156 valence electrons. The molecule has 2 heterocycles. The number of rotatable bonds is 9. The molecule has 0 saturated carbocycles. The van der Waals surface area contributed by atoms with Crippen molar-refractivity contribution in [3.63, 3.8) is 0 Å². The quantitative estimate of drug-likeness (QED) is 0.635. The molecule has 8 heteroatoms. The third kappa shape index (κ3) is 7.42. The lowest BCUT2D eigenvalue weighted by Gasteiger charge is -2.25. The van der Waals surface area contributed by atoms with E-state index in [-0.39, 0.29) is 11.8 Å². The Hall–Kier alpha value is -1.96. The highest BCUT2D eigenvalue weighted by Crippen LogP contribution is 2.12. The van der Waals surface area contributed by atoms with E-state index in [0.29, 0.717) is 36.6 Å². The standard InChI is InChI=1S/C21H27ClN4O2S/c22-17-6-4-5-16(13-17)7-9-23-21(28)18-15-29-20(25-18)14-24-19(27)8-12-26-10-2-1-3-11-26/h4-6,13,15H,1-3,7-12,14H2,(H,23,28)(H,24,27). The van der Waals surface area contributed by atoms with E-state index in [1.807, 2.05) is 24.3 Å². The van der Waals surface area contributed by atoms with Gasteiger partial charge in [-0.25, -0.2) is 4.98 Å². The summed E-state index contributed by atoms with van der Waals surface area (Å²) in [6.45, 7) is 3.87. The maximum atomic E-state index is 12.2. The van der Waals surface area contributed by atoms with Gasteiger partial charge in [0.25, 0.3) is 5.91 Å². The predicted molar refractivity (Wildman–Crippen MR) is 116 cm³/mol. The summed E-state index contributed by atoms with van der Waals surface area (Å²) in [7, 11) is 0. The van der Waals surface area contributed by atoms with Crippen molar-refractivity contribution in [3.05, 3.63) is 50.9 Å². The van der Waals surface area contributed by atoms with Gasteiger partial charge in [-0.1, -0.05) is 30.2 Å². The van der Waals surface area contributed by atoms with Crippen LogP contribution in [0.15, 0.2) is 29.6 Å². The molecule has 29 heavy (non-hydrogen) atoms. The van der Waals surface area contributed by atoms with Gasteiger partial charge in [-0.05, 0) is 50.0 Å². The Bertz CT molecular complexity index is 821. The van der Waals surface area contributed by atoms with Crippen molar-refractivity contribution in [1.29, 1.82) is 0 Å². The van der Waals surface area contributed by atoms with Gasteiger partial charge in [0, 0.05) is 29.9 Å². The van der Waals surface area contributed by atoms with Gasteiger partial charge in [0.05, 0.1) is 6.54 Å². The van der Waals surface area contributed by atoms with Gasteiger partial charge in [0.1, 0.15) is 10.7 Å². The summed E-state index contributed by atoms with van der Waals surface area (Å²) >= 11 is 7.35. The van der Waals surface area contributed by atoms with Crippen LogP contribution in [0.3, 0.4) is 0 Å². The van der Waals surface area contributed by atoms with E-state index in [4.69, 9.17) is 11.6 Å². The number of thiazole rings is 1. The molecular formula is C21H27ClN4O2S. The number of piperidine rings is 1. The van der Waals surface area contributed by atoms with Gasteiger partial charge in [-0.2, -0.15) is 0 Å². The summed E-state index contributed by atoms with van der Waals surface area (Å²) in [6, 6.07) is 7.59. The second kappa shape index (κ2) is 11.3. The second-order valence-electron chi connectivity index (χ2n) is 7.19. The Morgan fingerprint density at radius 3 is 2.79 bits per heavy atom. The fraction of sp³-hybridized carbons (Fsp3) is 0.476. The number of aromatic nitrogens is 1. The highest BCUT2D eigenvalue weighted by Gasteiger charge is 2.13. The van der Waals surface area contributed by atoms with Gasteiger partial charge >= 0.3 is 0 Å². The number of nitrogens with zero attached hydrogens (tertiary/aromatic N) is 2. The fourth-order valence-corrected chi connectivity index (χ4v) is 4.23. The zero-order valence-electron chi connectivity index (χ0n) is 16.5. The summed E-state index contributed by atoms with van der Waals surface area (Å²) in [5.74, 6) is -0.177. The molecule has 0 unspecified atom stereocenters. The van der Waals surface area contributed by atoms with Crippen LogP contribution in [-0.4, -0.2) is 47.9 Å². The number of nitrogens with one attached hydrogen (secondary N) is 2. The van der Waals surface area contributed by atoms with Crippen molar-refractivity contribution in [1.82, 2.24) is 20.5 Å². The molecule has 0 spiro atoms. The van der Waals surface area contributed by atoms with Crippen LogP contribution in [0.2, 0.25) is 5.02 Å². The summed E-state index contributed by atoms with van der Waals surface area (Å²) in [6.07, 6.45) is 4.96. The number of likely N-dealkylation sites (tertiary alicyclic amines) is 1. The number of hydrogen-bond donors (Lipinski definition) is 2. The van der Waals surface area contributed by atoms with E-state index in [9.17, 15) is 9.59 Å². The fourth-order valence-electron chi connectivity index (χ4n) is 3.31. The van der Waals surface area contributed by atoms with Crippen LogP contribution < -0.4 is 10.6 Å². The van der Waals surface area contributed by atoms with Gasteiger partial charge in [0.15, 0.2) is 0 Å². The van der Waals surface area contributed by atoms with Crippen molar-refractivity contribution in [2.24, 2.45) is 0 Å². The molecule has 1 aliphatic heterocycles. The number of hydrogen-bond acceptors (Lipinski definition) is 5. The first-order valence-corrected chi connectivity index (χ1v) is 11.3. The first-order chi connectivity index (χ1) is 14.1. The summed E-state index contributed by atoms with van der Waals surface area (Å²) in [4.78, 5) is 31.0. The minimum atomic E-state index is -0.203. The zero-order chi connectivity index (χ0) is 20.5. The number of benzene rings is 1. The lowest BCUT2D eigenvalue weighted by molar-refractivity contribution is -0.121. The minimum absolute atomic E-state index is 0.0262. The number of carbonyl (C=O) groups is 2. The summed E-state index contributed by atoms with van der Waals surface area (Å²) in [5.41, 5.74) is 1.46. The van der Waals surface area contributed by atoms with E-state index in [1.165, 1.54) is 30.6 Å². The average molecular weight is 435 g/mol. The highest BCUT2D eigenvalue weighted by molar-refractivity contribution is 7.09. The molecule has 0 radical (unpaired) electrons. The molecule has 2 amide bonds. The third-order valence-electron chi connectivity index (χ3n) is 4.91. The molecule has 0 aliphatic carbocycles. The monoisotopic (exact) mass is 434 g/mol. The molecule has 0 bridgehead atoms. The third-order valence-corrected chi connectivity index (χ3v) is 6.00. The minimum Gasteiger partial charge on any atom is -0.350 e. The molecule has 0 atom stereocenters. The Labute approximate surface area is 180 Å². The molecule has 6 nitrogen and oxygen atoms in total. The lowest BCUT2D eigenvalue weighted by Crippen LogP contribution is -2.34. The molecule has 1 aromatic carbocycles. The SMILES string of the molecule is O=C(CCN1CCCCC1)NCc1nc(C(=O)NCCc2cccc(Cl)c2)cs1. The van der Waals surface area contributed by atoms with E-state index in [1.54, 1.807) is 5.38 Å². The van der Waals surface area contributed by atoms with Crippen LogP contribution in [0.25, 0.3) is 0 Å². The van der Waals surface area contributed by atoms with Gasteiger partial charge in [-0.15, -0.1) is 11.3 Å². The van der Waals surface area contributed by atoms with Crippen molar-refractivity contribution in [2.75, 3.05) is 26.2 Å². The van der Waals surface area contributed by atoms with Crippen LogP contribution >= 0.6 is 22.9 Å². The Morgan fingerprint density at radius 2 is 2.00 bits per heavy atom. The van der Waals surface area contributed by atoms with Crippen molar-refractivity contribution in [3.8, 4) is 0 Å². The highest BCUT2D eigenvalue weighted by atomic mass is 35.5. The van der Waals surface area contributed by atoms with E-state index < -0.39 is 0 Å². The van der Waals surface area contributed by atoms with Crippen LogP contribution in [0, 0.1) is 0 Å². The number of carbonyl (C=O) groups excluding carboxylic acids is 2. The Balaban J connectivity index is 1.35. The molecule has 1 aromatic heterocycles. The number of amides is 2. The normalized spacial score (nSPS) is 14.5. The van der Waals surface area contributed by atoms with Gasteiger partial charge in [0.2, 0.25) is 5.91 Å². The Morgan fingerprint density at radius 1 is 1.17 bits per heavy atom. The summed E-state index contributed by atoms with van der Waals surface area (Å²) in [5, 5.41) is 8.92. The van der Waals surface area contributed by atoms with Crippen LogP contribution in [0.5, 0.6) is 0 Å². The molecule has 3 rings (SSSR count). The first-order valence-electron chi connectivity index (χ1n) is 10.1. The summed E-state index contributed by atoms with van der Waals surface area (Å²) < 4.78 is 0. The van der Waals surface area contributed by atoms with Crippen molar-refractivity contribution in [2.45, 2.75) is 38.6 Å². The molecule has 1 aliphatic rings. The first kappa shape index (κ1) is 21.7. The smallest absolute Gasteiger partial charge is 0.270 e.